The van der Waals surface area contributed by atoms with Crippen molar-refractivity contribution >= 4 is 28.8 Å². The molecule has 1 amide bonds. The summed E-state index contributed by atoms with van der Waals surface area (Å²) >= 11 is 1.47. The molecule has 0 aromatic carbocycles. The van der Waals surface area contributed by atoms with Gasteiger partial charge in [-0.05, 0) is 36.4 Å². The van der Waals surface area contributed by atoms with Gasteiger partial charge in [-0.1, -0.05) is 6.07 Å². The number of Topliss-reactive ketones (excluding diaryl/α,β-unsaturated/α-hetero) is 1. The maximum Gasteiger partial charge on any atom is 0.255 e. The number of piperidine rings is 1. The van der Waals surface area contributed by atoms with Crippen LogP contribution < -0.4 is 4.90 Å². The molecule has 1 fully saturated rings. The molecule has 1 unspecified atom stereocenters. The molecule has 3 rings (SSSR count). The summed E-state index contributed by atoms with van der Waals surface area (Å²) in [6.07, 6.45) is 3.32. The van der Waals surface area contributed by atoms with Gasteiger partial charge in [0.1, 0.15) is 5.82 Å². The van der Waals surface area contributed by atoms with E-state index in [0.29, 0.717) is 18.7 Å². The highest BCUT2D eigenvalue weighted by molar-refractivity contribution is 7.12. The zero-order chi connectivity index (χ0) is 17.1. The van der Waals surface area contributed by atoms with Gasteiger partial charge in [-0.2, -0.15) is 0 Å². The van der Waals surface area contributed by atoms with Crippen molar-refractivity contribution in [3.8, 4) is 0 Å². The van der Waals surface area contributed by atoms with Crippen LogP contribution in [0.3, 0.4) is 0 Å². The molecule has 3 heterocycles. The van der Waals surface area contributed by atoms with Gasteiger partial charge < -0.3 is 9.80 Å². The van der Waals surface area contributed by atoms with Gasteiger partial charge in [0.2, 0.25) is 0 Å². The lowest BCUT2D eigenvalue weighted by Crippen LogP contribution is -2.42. The monoisotopic (exact) mass is 343 g/mol. The van der Waals surface area contributed by atoms with Crippen molar-refractivity contribution in [1.82, 2.24) is 9.88 Å². The van der Waals surface area contributed by atoms with Crippen molar-refractivity contribution < 1.29 is 9.59 Å². The summed E-state index contributed by atoms with van der Waals surface area (Å²) in [6, 6.07) is 7.39. The average Bonchev–Trinajstić information content (AvgIpc) is 3.15. The van der Waals surface area contributed by atoms with E-state index >= 15 is 0 Å². The molecule has 1 aliphatic rings. The second-order valence-electron chi connectivity index (χ2n) is 6.23. The van der Waals surface area contributed by atoms with Crippen LogP contribution in [-0.4, -0.2) is 48.8 Å². The molecule has 1 saturated heterocycles. The van der Waals surface area contributed by atoms with Crippen LogP contribution in [0.2, 0.25) is 0 Å². The highest BCUT2D eigenvalue weighted by Gasteiger charge is 2.30. The fraction of sp³-hybridized carbons (Fsp3) is 0.389. The van der Waals surface area contributed by atoms with Gasteiger partial charge in [-0.3, -0.25) is 9.59 Å². The molecule has 0 bridgehead atoms. The van der Waals surface area contributed by atoms with Crippen molar-refractivity contribution in [2.75, 3.05) is 32.1 Å². The number of nitrogens with zero attached hydrogens (tertiary/aromatic N) is 3. The minimum atomic E-state index is -0.102. The molecule has 1 aliphatic heterocycles. The molecule has 0 N–H and O–H groups in total. The van der Waals surface area contributed by atoms with Crippen molar-refractivity contribution in [1.29, 1.82) is 0 Å². The minimum absolute atomic E-state index is 0.0449. The number of hydrogen-bond acceptors (Lipinski definition) is 5. The Morgan fingerprint density at radius 3 is 2.75 bits per heavy atom. The molecule has 0 spiro atoms. The van der Waals surface area contributed by atoms with E-state index in [1.165, 1.54) is 11.3 Å². The molecular weight excluding hydrogens is 322 g/mol. The van der Waals surface area contributed by atoms with Gasteiger partial charge in [-0.15, -0.1) is 11.3 Å². The summed E-state index contributed by atoms with van der Waals surface area (Å²) in [5.41, 5.74) is 0.574. The number of amides is 1. The van der Waals surface area contributed by atoms with Crippen LogP contribution in [0.1, 0.15) is 32.9 Å². The molecule has 0 radical (unpaired) electrons. The molecule has 1 atom stereocenters. The van der Waals surface area contributed by atoms with Crippen LogP contribution in [0.25, 0.3) is 0 Å². The average molecular weight is 343 g/mol. The number of ketones is 1. The number of carbonyl (C=O) groups excluding carboxylic acids is 2. The lowest BCUT2D eigenvalue weighted by Gasteiger charge is -2.32. The number of rotatable bonds is 4. The fourth-order valence-corrected chi connectivity index (χ4v) is 3.70. The van der Waals surface area contributed by atoms with Crippen molar-refractivity contribution in [3.05, 3.63) is 46.3 Å². The van der Waals surface area contributed by atoms with Gasteiger partial charge in [0.25, 0.3) is 5.91 Å². The van der Waals surface area contributed by atoms with E-state index in [0.717, 1.165) is 23.5 Å². The Kier molecular flexibility index (Phi) is 4.94. The summed E-state index contributed by atoms with van der Waals surface area (Å²) in [5, 5.41) is 1.91. The predicted molar refractivity (Wildman–Crippen MR) is 95.8 cm³/mol. The molecular formula is C18H21N3O2S. The molecule has 5 nitrogen and oxygen atoms in total. The van der Waals surface area contributed by atoms with Crippen LogP contribution in [0, 0.1) is 5.92 Å². The first kappa shape index (κ1) is 16.6. The Hall–Kier alpha value is -2.21. The zero-order valence-corrected chi connectivity index (χ0v) is 14.8. The first-order chi connectivity index (χ1) is 11.6. The third-order valence-electron chi connectivity index (χ3n) is 4.30. The van der Waals surface area contributed by atoms with Gasteiger partial charge in [-0.25, -0.2) is 4.98 Å². The normalized spacial score (nSPS) is 17.6. The minimum Gasteiger partial charge on any atom is -0.363 e. The predicted octanol–water partition coefficient (Wildman–Crippen LogP) is 2.94. The number of pyridine rings is 1. The number of hydrogen-bond donors (Lipinski definition) is 0. The van der Waals surface area contributed by atoms with Crippen molar-refractivity contribution in [2.24, 2.45) is 5.92 Å². The van der Waals surface area contributed by atoms with E-state index in [2.05, 4.69) is 4.98 Å². The van der Waals surface area contributed by atoms with Gasteiger partial charge >= 0.3 is 0 Å². The quantitative estimate of drug-likeness (QED) is 0.801. The standard InChI is InChI=1S/C18H21N3O2S/c1-20(2)16-8-7-13(11-19-16)18(23)21-9-3-5-14(12-21)17(22)15-6-4-10-24-15/h4,6-8,10-11,14H,3,5,9,12H2,1-2H3. The molecule has 24 heavy (non-hydrogen) atoms. The van der Waals surface area contributed by atoms with Crippen LogP contribution >= 0.6 is 11.3 Å². The second-order valence-corrected chi connectivity index (χ2v) is 7.18. The molecule has 6 heteroatoms. The number of anilines is 1. The smallest absolute Gasteiger partial charge is 0.255 e. The Balaban J connectivity index is 1.70. The van der Waals surface area contributed by atoms with Crippen LogP contribution in [0.4, 0.5) is 5.82 Å². The van der Waals surface area contributed by atoms with E-state index < -0.39 is 0 Å². The largest absolute Gasteiger partial charge is 0.363 e. The number of likely N-dealkylation sites (tertiary alicyclic amines) is 1. The molecule has 0 saturated carbocycles. The van der Waals surface area contributed by atoms with E-state index in [1.54, 1.807) is 17.2 Å². The number of carbonyl (C=O) groups is 2. The maximum atomic E-state index is 12.7. The maximum absolute atomic E-state index is 12.7. The van der Waals surface area contributed by atoms with Crippen molar-refractivity contribution in [2.45, 2.75) is 12.8 Å². The van der Waals surface area contributed by atoms with Gasteiger partial charge in [0, 0.05) is 39.3 Å². The molecule has 126 valence electrons. The van der Waals surface area contributed by atoms with E-state index in [1.807, 2.05) is 42.6 Å². The van der Waals surface area contributed by atoms with E-state index in [9.17, 15) is 9.59 Å². The van der Waals surface area contributed by atoms with E-state index in [4.69, 9.17) is 0 Å². The lowest BCUT2D eigenvalue weighted by atomic mass is 9.92. The Bertz CT molecular complexity index is 710. The topological polar surface area (TPSA) is 53.5 Å². The highest BCUT2D eigenvalue weighted by Crippen LogP contribution is 2.24. The lowest BCUT2D eigenvalue weighted by molar-refractivity contribution is 0.0638. The second kappa shape index (κ2) is 7.13. The van der Waals surface area contributed by atoms with Gasteiger partial charge in [0.05, 0.1) is 10.4 Å². The van der Waals surface area contributed by atoms with E-state index in [-0.39, 0.29) is 17.6 Å². The fourth-order valence-electron chi connectivity index (χ4n) is 2.96. The first-order valence-electron chi connectivity index (χ1n) is 8.06. The Morgan fingerprint density at radius 2 is 2.12 bits per heavy atom. The number of aromatic nitrogens is 1. The van der Waals surface area contributed by atoms with Crippen LogP contribution in [0.15, 0.2) is 35.8 Å². The summed E-state index contributed by atoms with van der Waals surface area (Å²) in [6.45, 7) is 1.19. The highest BCUT2D eigenvalue weighted by atomic mass is 32.1. The first-order valence-corrected chi connectivity index (χ1v) is 8.94. The summed E-state index contributed by atoms with van der Waals surface area (Å²) in [7, 11) is 3.82. The number of thiophene rings is 1. The van der Waals surface area contributed by atoms with Crippen molar-refractivity contribution in [3.63, 3.8) is 0 Å². The Morgan fingerprint density at radius 1 is 1.29 bits per heavy atom. The SMILES string of the molecule is CN(C)c1ccc(C(=O)N2CCCC(C(=O)c3cccs3)C2)cn1. The summed E-state index contributed by atoms with van der Waals surface area (Å²) < 4.78 is 0. The molecule has 2 aromatic heterocycles. The van der Waals surface area contributed by atoms with Gasteiger partial charge in [0.15, 0.2) is 5.78 Å². The third kappa shape index (κ3) is 3.48. The Labute approximate surface area is 145 Å². The van der Waals surface area contributed by atoms with Crippen LogP contribution in [-0.2, 0) is 0 Å². The summed E-state index contributed by atoms with van der Waals surface area (Å²) in [4.78, 5) is 34.0. The zero-order valence-electron chi connectivity index (χ0n) is 13.9. The third-order valence-corrected chi connectivity index (χ3v) is 5.18. The van der Waals surface area contributed by atoms with Crippen LogP contribution in [0.5, 0.6) is 0 Å². The molecule has 2 aromatic rings. The molecule has 0 aliphatic carbocycles. The summed E-state index contributed by atoms with van der Waals surface area (Å²) in [5.74, 6) is 0.825.